The lowest BCUT2D eigenvalue weighted by Gasteiger charge is -2.22. The first-order valence-corrected chi connectivity index (χ1v) is 9.49. The molecular formula is C19H16FNO4S2. The Hall–Kier alpha value is -2.45. The van der Waals surface area contributed by atoms with Crippen molar-refractivity contribution in [2.24, 2.45) is 0 Å². The largest absolute Gasteiger partial charge is 0.480 e. The van der Waals surface area contributed by atoms with Gasteiger partial charge in [-0.2, -0.15) is 0 Å². The standard InChI is InChI=1S/C19H16FNO4S2/c1-2-5-14(18(23)24)21-17(22)16(27-19(21)26)10-11-8-9-15(25-11)12-6-3-4-7-13(12)20/h3-4,6-10,14H,2,5H2,1H3,(H,23,24)/b16-10+/t14-/m1/s1. The lowest BCUT2D eigenvalue weighted by molar-refractivity contribution is -0.145. The van der Waals surface area contributed by atoms with E-state index in [1.54, 1.807) is 30.3 Å². The van der Waals surface area contributed by atoms with Crippen LogP contribution in [0.4, 0.5) is 4.39 Å². The van der Waals surface area contributed by atoms with E-state index in [2.05, 4.69) is 0 Å². The summed E-state index contributed by atoms with van der Waals surface area (Å²) >= 11 is 6.23. The Balaban J connectivity index is 1.86. The zero-order valence-corrected chi connectivity index (χ0v) is 16.0. The van der Waals surface area contributed by atoms with Crippen LogP contribution in [-0.2, 0) is 9.59 Å². The van der Waals surface area contributed by atoms with Crippen molar-refractivity contribution in [2.75, 3.05) is 0 Å². The summed E-state index contributed by atoms with van der Waals surface area (Å²) in [6.45, 7) is 1.84. The number of rotatable bonds is 6. The molecule has 0 aliphatic carbocycles. The Bertz CT molecular complexity index is 937. The molecule has 1 atom stereocenters. The Morgan fingerprint density at radius 2 is 2.11 bits per heavy atom. The number of halogens is 1. The fourth-order valence-electron chi connectivity index (χ4n) is 2.75. The molecule has 8 heteroatoms. The zero-order chi connectivity index (χ0) is 19.6. The van der Waals surface area contributed by atoms with Gasteiger partial charge >= 0.3 is 5.97 Å². The first-order chi connectivity index (χ1) is 12.9. The average Bonchev–Trinajstić information content (AvgIpc) is 3.19. The van der Waals surface area contributed by atoms with Crippen LogP contribution in [0.1, 0.15) is 25.5 Å². The van der Waals surface area contributed by atoms with Gasteiger partial charge in [-0.1, -0.05) is 49.5 Å². The van der Waals surface area contributed by atoms with E-state index in [0.717, 1.165) is 16.7 Å². The van der Waals surface area contributed by atoms with Gasteiger partial charge in [-0.25, -0.2) is 9.18 Å². The number of aliphatic carboxylic acids is 1. The second-order valence-corrected chi connectivity index (χ2v) is 7.55. The highest BCUT2D eigenvalue weighted by Gasteiger charge is 2.40. The highest BCUT2D eigenvalue weighted by molar-refractivity contribution is 8.26. The highest BCUT2D eigenvalue weighted by Crippen LogP contribution is 2.35. The summed E-state index contributed by atoms with van der Waals surface area (Å²) in [7, 11) is 0. The number of hydrogen-bond donors (Lipinski definition) is 1. The molecule has 0 radical (unpaired) electrons. The van der Waals surface area contributed by atoms with Gasteiger partial charge < -0.3 is 9.52 Å². The predicted octanol–water partition coefficient (Wildman–Crippen LogP) is 4.54. The van der Waals surface area contributed by atoms with E-state index in [0.29, 0.717) is 29.9 Å². The van der Waals surface area contributed by atoms with Gasteiger partial charge in [0.2, 0.25) is 0 Å². The van der Waals surface area contributed by atoms with E-state index in [9.17, 15) is 19.1 Å². The van der Waals surface area contributed by atoms with E-state index in [1.807, 2.05) is 6.92 Å². The number of hydrogen-bond acceptors (Lipinski definition) is 5. The number of carboxylic acid groups (broad SMARTS) is 1. The molecule has 27 heavy (non-hydrogen) atoms. The van der Waals surface area contributed by atoms with Gasteiger partial charge in [-0.15, -0.1) is 0 Å². The quantitative estimate of drug-likeness (QED) is 0.562. The van der Waals surface area contributed by atoms with Crippen molar-refractivity contribution in [3.63, 3.8) is 0 Å². The van der Waals surface area contributed by atoms with E-state index in [1.165, 1.54) is 12.1 Å². The molecule has 140 valence electrons. The van der Waals surface area contributed by atoms with Crippen LogP contribution in [0.2, 0.25) is 0 Å². The summed E-state index contributed by atoms with van der Waals surface area (Å²) in [5.74, 6) is -1.27. The minimum atomic E-state index is -1.09. The third-order valence-corrected chi connectivity index (χ3v) is 5.35. The van der Waals surface area contributed by atoms with Gasteiger partial charge in [0.15, 0.2) is 0 Å². The van der Waals surface area contributed by atoms with Crippen LogP contribution in [0.25, 0.3) is 17.4 Å². The number of furan rings is 1. The molecule has 0 bridgehead atoms. The van der Waals surface area contributed by atoms with E-state index in [4.69, 9.17) is 16.6 Å². The first kappa shape index (κ1) is 19.3. The predicted molar refractivity (Wildman–Crippen MR) is 105 cm³/mol. The number of carboxylic acids is 1. The van der Waals surface area contributed by atoms with Crippen molar-refractivity contribution < 1.29 is 23.5 Å². The van der Waals surface area contributed by atoms with Crippen LogP contribution in [0, 0.1) is 5.82 Å². The Kier molecular flexibility index (Phi) is 5.76. The Morgan fingerprint density at radius 1 is 1.37 bits per heavy atom. The number of thiocarbonyl (C=S) groups is 1. The van der Waals surface area contributed by atoms with Gasteiger partial charge in [0.1, 0.15) is 27.7 Å². The maximum absolute atomic E-state index is 13.9. The molecule has 1 aromatic carbocycles. The van der Waals surface area contributed by atoms with Crippen LogP contribution >= 0.6 is 24.0 Å². The number of thioether (sulfide) groups is 1. The number of nitrogens with zero attached hydrogens (tertiary/aromatic N) is 1. The summed E-state index contributed by atoms with van der Waals surface area (Å²) in [5.41, 5.74) is 0.318. The van der Waals surface area contributed by atoms with Crippen LogP contribution < -0.4 is 0 Å². The topological polar surface area (TPSA) is 70.8 Å². The smallest absolute Gasteiger partial charge is 0.326 e. The molecular weight excluding hydrogens is 389 g/mol. The average molecular weight is 405 g/mol. The lowest BCUT2D eigenvalue weighted by Crippen LogP contribution is -2.43. The maximum Gasteiger partial charge on any atom is 0.326 e. The SMILES string of the molecule is CCC[C@H](C(=O)O)N1C(=O)/C(=C\c2ccc(-c3ccccc3F)o2)SC1=S. The molecule has 1 aliphatic rings. The summed E-state index contributed by atoms with van der Waals surface area (Å²) in [6.07, 6.45) is 2.42. The minimum absolute atomic E-state index is 0.202. The molecule has 1 aromatic heterocycles. The second kappa shape index (κ2) is 8.06. The van der Waals surface area contributed by atoms with E-state index >= 15 is 0 Å². The van der Waals surface area contributed by atoms with Crippen molar-refractivity contribution in [3.05, 3.63) is 52.9 Å². The molecule has 0 unspecified atom stereocenters. The molecule has 1 N–H and O–H groups in total. The Labute approximate surface area is 164 Å². The fourth-order valence-corrected chi connectivity index (χ4v) is 4.09. The van der Waals surface area contributed by atoms with E-state index < -0.39 is 23.7 Å². The summed E-state index contributed by atoms with van der Waals surface area (Å²) in [5, 5.41) is 9.40. The number of carbonyl (C=O) groups excluding carboxylic acids is 1. The molecule has 1 amide bonds. The number of carbonyl (C=O) groups is 2. The number of benzene rings is 1. The van der Waals surface area contributed by atoms with Crippen LogP contribution in [0.3, 0.4) is 0 Å². The molecule has 0 spiro atoms. The van der Waals surface area contributed by atoms with Crippen molar-refractivity contribution in [1.29, 1.82) is 0 Å². The molecule has 1 saturated heterocycles. The third-order valence-electron chi connectivity index (χ3n) is 4.02. The van der Waals surface area contributed by atoms with Gasteiger partial charge in [-0.05, 0) is 30.7 Å². The van der Waals surface area contributed by atoms with Crippen molar-refractivity contribution in [1.82, 2.24) is 4.90 Å². The summed E-state index contributed by atoms with van der Waals surface area (Å²) in [4.78, 5) is 25.6. The van der Waals surface area contributed by atoms with Crippen molar-refractivity contribution >= 4 is 46.3 Å². The van der Waals surface area contributed by atoms with Crippen LogP contribution in [0.5, 0.6) is 0 Å². The van der Waals surface area contributed by atoms with Crippen molar-refractivity contribution in [2.45, 2.75) is 25.8 Å². The monoisotopic (exact) mass is 405 g/mol. The second-order valence-electron chi connectivity index (χ2n) is 5.88. The molecule has 5 nitrogen and oxygen atoms in total. The first-order valence-electron chi connectivity index (χ1n) is 8.27. The molecule has 2 heterocycles. The van der Waals surface area contributed by atoms with Crippen LogP contribution in [-0.4, -0.2) is 32.2 Å². The molecule has 1 aliphatic heterocycles. The van der Waals surface area contributed by atoms with E-state index in [-0.39, 0.29) is 9.23 Å². The minimum Gasteiger partial charge on any atom is -0.480 e. The molecule has 1 fully saturated rings. The third kappa shape index (κ3) is 3.96. The highest BCUT2D eigenvalue weighted by atomic mass is 32.2. The fraction of sp³-hybridized carbons (Fsp3) is 0.211. The lowest BCUT2D eigenvalue weighted by atomic mass is 10.1. The summed E-state index contributed by atoms with van der Waals surface area (Å²) in [6, 6.07) is 8.47. The van der Waals surface area contributed by atoms with Gasteiger partial charge in [0.25, 0.3) is 5.91 Å². The normalized spacial score (nSPS) is 17.0. The molecule has 2 aromatic rings. The maximum atomic E-state index is 13.9. The van der Waals surface area contributed by atoms with Gasteiger partial charge in [0, 0.05) is 6.08 Å². The van der Waals surface area contributed by atoms with Gasteiger partial charge in [-0.3, -0.25) is 9.69 Å². The Morgan fingerprint density at radius 3 is 2.78 bits per heavy atom. The van der Waals surface area contributed by atoms with Crippen molar-refractivity contribution in [3.8, 4) is 11.3 Å². The molecule has 3 rings (SSSR count). The van der Waals surface area contributed by atoms with Crippen LogP contribution in [0.15, 0.2) is 45.7 Å². The summed E-state index contributed by atoms with van der Waals surface area (Å²) < 4.78 is 19.7. The number of amides is 1. The zero-order valence-electron chi connectivity index (χ0n) is 14.3. The van der Waals surface area contributed by atoms with Gasteiger partial charge in [0.05, 0.1) is 10.5 Å². The molecule has 0 saturated carbocycles.